The van der Waals surface area contributed by atoms with Gasteiger partial charge in [-0.05, 0) is 37.7 Å². The van der Waals surface area contributed by atoms with Gasteiger partial charge in [-0.2, -0.15) is 0 Å². The lowest BCUT2D eigenvalue weighted by molar-refractivity contribution is 0.0942. The predicted octanol–water partition coefficient (Wildman–Crippen LogP) is 3.17. The number of Topliss-reactive ketones (excluding diaryl/α,β-unsaturated/α-hetero) is 1. The third-order valence-corrected chi connectivity index (χ3v) is 4.87. The number of ketones is 1. The molecule has 1 atom stereocenters. The zero-order chi connectivity index (χ0) is 13.2. The van der Waals surface area contributed by atoms with E-state index in [9.17, 15) is 4.79 Å². The number of ether oxygens (including phenoxy) is 2. The summed E-state index contributed by atoms with van der Waals surface area (Å²) in [6, 6.07) is 5.44. The van der Waals surface area contributed by atoms with Crippen molar-refractivity contribution in [2.24, 2.45) is 0 Å². The average molecular weight is 266 g/mol. The van der Waals surface area contributed by atoms with Crippen molar-refractivity contribution < 1.29 is 14.3 Å². The lowest BCUT2D eigenvalue weighted by Gasteiger charge is -2.23. The molecule has 0 aromatic heterocycles. The summed E-state index contributed by atoms with van der Waals surface area (Å²) < 4.78 is 10.3. The standard InChI is InChI=1S/C14H18O3S/c1-14(8-5-9-18-14)13(15)12-10(16-2)6-4-7-11(12)17-3/h4,6-7H,5,8-9H2,1-3H3. The Hall–Kier alpha value is -1.16. The number of benzene rings is 1. The van der Waals surface area contributed by atoms with Crippen molar-refractivity contribution in [3.05, 3.63) is 23.8 Å². The molecule has 4 heteroatoms. The minimum atomic E-state index is -0.345. The highest BCUT2D eigenvalue weighted by molar-refractivity contribution is 8.01. The highest BCUT2D eigenvalue weighted by Gasteiger charge is 2.40. The fourth-order valence-electron chi connectivity index (χ4n) is 2.30. The Morgan fingerprint density at radius 2 is 1.89 bits per heavy atom. The van der Waals surface area contributed by atoms with Crippen LogP contribution in [0.2, 0.25) is 0 Å². The van der Waals surface area contributed by atoms with Gasteiger partial charge < -0.3 is 9.47 Å². The van der Waals surface area contributed by atoms with E-state index in [2.05, 4.69) is 0 Å². The smallest absolute Gasteiger partial charge is 0.186 e. The molecular formula is C14H18O3S. The van der Waals surface area contributed by atoms with Crippen LogP contribution in [0.5, 0.6) is 11.5 Å². The van der Waals surface area contributed by atoms with Gasteiger partial charge in [0.25, 0.3) is 0 Å². The van der Waals surface area contributed by atoms with Gasteiger partial charge in [-0.15, -0.1) is 11.8 Å². The summed E-state index contributed by atoms with van der Waals surface area (Å²) >= 11 is 1.73. The van der Waals surface area contributed by atoms with Gasteiger partial charge in [0, 0.05) is 0 Å². The lowest BCUT2D eigenvalue weighted by Crippen LogP contribution is -2.29. The molecule has 1 aliphatic rings. The zero-order valence-corrected chi connectivity index (χ0v) is 11.8. The first-order valence-electron chi connectivity index (χ1n) is 6.02. The molecule has 0 bridgehead atoms. The Morgan fingerprint density at radius 1 is 1.28 bits per heavy atom. The Kier molecular flexibility index (Phi) is 3.85. The molecule has 1 aliphatic heterocycles. The van der Waals surface area contributed by atoms with Crippen LogP contribution in [-0.4, -0.2) is 30.5 Å². The molecule has 0 spiro atoms. The second-order valence-corrected chi connectivity index (χ2v) is 6.15. The first-order valence-corrected chi connectivity index (χ1v) is 7.00. The number of methoxy groups -OCH3 is 2. The van der Waals surface area contributed by atoms with Gasteiger partial charge in [0.1, 0.15) is 17.1 Å². The van der Waals surface area contributed by atoms with Crippen LogP contribution in [0, 0.1) is 0 Å². The molecule has 1 heterocycles. The Morgan fingerprint density at radius 3 is 2.33 bits per heavy atom. The average Bonchev–Trinajstić information content (AvgIpc) is 2.85. The maximum Gasteiger partial charge on any atom is 0.186 e. The van der Waals surface area contributed by atoms with Gasteiger partial charge in [0.05, 0.1) is 19.0 Å². The fraction of sp³-hybridized carbons (Fsp3) is 0.500. The van der Waals surface area contributed by atoms with Gasteiger partial charge >= 0.3 is 0 Å². The summed E-state index contributed by atoms with van der Waals surface area (Å²) in [6.07, 6.45) is 2.00. The van der Waals surface area contributed by atoms with Crippen molar-refractivity contribution in [2.45, 2.75) is 24.5 Å². The van der Waals surface area contributed by atoms with Crippen LogP contribution in [-0.2, 0) is 0 Å². The SMILES string of the molecule is COc1cccc(OC)c1C(=O)C1(C)CCCS1. The molecular weight excluding hydrogens is 248 g/mol. The fourth-order valence-corrected chi connectivity index (χ4v) is 3.56. The topological polar surface area (TPSA) is 35.5 Å². The number of carbonyl (C=O) groups excluding carboxylic acids is 1. The molecule has 18 heavy (non-hydrogen) atoms. The summed E-state index contributed by atoms with van der Waals surface area (Å²) in [5.74, 6) is 2.33. The van der Waals surface area contributed by atoms with Crippen molar-refractivity contribution >= 4 is 17.5 Å². The minimum absolute atomic E-state index is 0.110. The number of carbonyl (C=O) groups is 1. The molecule has 1 aromatic carbocycles. The van der Waals surface area contributed by atoms with Gasteiger partial charge in [-0.1, -0.05) is 6.07 Å². The van der Waals surface area contributed by atoms with Crippen LogP contribution in [0.4, 0.5) is 0 Å². The third-order valence-electron chi connectivity index (χ3n) is 3.35. The van der Waals surface area contributed by atoms with Crippen molar-refractivity contribution in [3.8, 4) is 11.5 Å². The zero-order valence-electron chi connectivity index (χ0n) is 11.0. The highest BCUT2D eigenvalue weighted by atomic mass is 32.2. The van der Waals surface area contributed by atoms with Gasteiger partial charge in [-0.3, -0.25) is 4.79 Å². The maximum absolute atomic E-state index is 12.7. The molecule has 2 rings (SSSR count). The molecule has 1 aromatic rings. The summed E-state index contributed by atoms with van der Waals surface area (Å²) in [5.41, 5.74) is 0.569. The van der Waals surface area contributed by atoms with E-state index in [1.54, 1.807) is 38.1 Å². The molecule has 0 aliphatic carbocycles. The molecule has 3 nitrogen and oxygen atoms in total. The third kappa shape index (κ3) is 2.21. The molecule has 0 saturated carbocycles. The highest BCUT2D eigenvalue weighted by Crippen LogP contribution is 2.43. The van der Waals surface area contributed by atoms with Crippen molar-refractivity contribution in [2.75, 3.05) is 20.0 Å². The molecule has 1 saturated heterocycles. The normalized spacial score (nSPS) is 22.8. The molecule has 98 valence electrons. The minimum Gasteiger partial charge on any atom is -0.496 e. The molecule has 1 unspecified atom stereocenters. The van der Waals surface area contributed by atoms with Crippen molar-refractivity contribution in [1.82, 2.24) is 0 Å². The van der Waals surface area contributed by atoms with E-state index < -0.39 is 0 Å². The molecule has 0 radical (unpaired) electrons. The van der Waals surface area contributed by atoms with E-state index in [0.717, 1.165) is 18.6 Å². The Balaban J connectivity index is 2.46. The Labute approximate surface area is 112 Å². The van der Waals surface area contributed by atoms with Gasteiger partial charge in [0.2, 0.25) is 0 Å². The molecule has 1 fully saturated rings. The lowest BCUT2D eigenvalue weighted by atomic mass is 9.93. The number of thioether (sulfide) groups is 1. The van der Waals surface area contributed by atoms with Gasteiger partial charge in [-0.25, -0.2) is 0 Å². The summed E-state index contributed by atoms with van der Waals surface area (Å²) in [6.45, 7) is 2.01. The van der Waals surface area contributed by atoms with E-state index in [1.165, 1.54) is 0 Å². The number of rotatable bonds is 4. The van der Waals surface area contributed by atoms with Gasteiger partial charge in [0.15, 0.2) is 5.78 Å². The van der Waals surface area contributed by atoms with E-state index >= 15 is 0 Å². The van der Waals surface area contributed by atoms with E-state index in [4.69, 9.17) is 9.47 Å². The summed E-state index contributed by atoms with van der Waals surface area (Å²) in [4.78, 5) is 12.7. The van der Waals surface area contributed by atoms with Crippen molar-refractivity contribution in [3.63, 3.8) is 0 Å². The first kappa shape index (κ1) is 13.3. The quantitative estimate of drug-likeness (QED) is 0.784. The second kappa shape index (κ2) is 5.22. The second-order valence-electron chi connectivity index (χ2n) is 4.55. The van der Waals surface area contributed by atoms with Crippen molar-refractivity contribution in [1.29, 1.82) is 0 Å². The van der Waals surface area contributed by atoms with E-state index in [1.807, 2.05) is 13.0 Å². The van der Waals surface area contributed by atoms with Crippen LogP contribution in [0.3, 0.4) is 0 Å². The van der Waals surface area contributed by atoms with Crippen LogP contribution in [0.25, 0.3) is 0 Å². The predicted molar refractivity (Wildman–Crippen MR) is 74.0 cm³/mol. The van der Waals surface area contributed by atoms with E-state index in [-0.39, 0.29) is 10.5 Å². The Bertz CT molecular complexity index is 428. The van der Waals surface area contributed by atoms with Crippen LogP contribution in [0.1, 0.15) is 30.1 Å². The van der Waals surface area contributed by atoms with Crippen LogP contribution < -0.4 is 9.47 Å². The summed E-state index contributed by atoms with van der Waals surface area (Å²) in [5, 5.41) is 0. The summed E-state index contributed by atoms with van der Waals surface area (Å²) in [7, 11) is 3.16. The maximum atomic E-state index is 12.7. The first-order chi connectivity index (χ1) is 8.62. The van der Waals surface area contributed by atoms with E-state index in [0.29, 0.717) is 17.1 Å². The van der Waals surface area contributed by atoms with Crippen LogP contribution in [0.15, 0.2) is 18.2 Å². The number of hydrogen-bond donors (Lipinski definition) is 0. The monoisotopic (exact) mass is 266 g/mol. The van der Waals surface area contributed by atoms with Crippen LogP contribution >= 0.6 is 11.8 Å². The largest absolute Gasteiger partial charge is 0.496 e. The number of hydrogen-bond acceptors (Lipinski definition) is 4. The molecule has 0 amide bonds. The molecule has 0 N–H and O–H groups in total.